The highest BCUT2D eigenvalue weighted by atomic mass is 35.5. The minimum atomic E-state index is -3.48. The van der Waals surface area contributed by atoms with Crippen LogP contribution in [0.4, 0.5) is 35.4 Å². The first-order chi connectivity index (χ1) is 65.7. The SMILES string of the molecule is CC1(C)C[C@H](Cc2nc(NCCc3ccc(-n4cccn4)c(Cl)c3)ncc2C#N)CC[C@@H]1O.CC1(C)C[C@H](Cc2nc(NCCc3ccc(-n4ccnc4)c(Cl)c3)ncc2C#N)CC[C@@H]1O.CC1(C)C[C@H](Nc2nc(NCCc3ccc(SN4CCCCC4)cc3)ncc2C#N)CC[C@@H]1O.CN1CCN(S(=O)(=O)c2ccc(CCNc3ncc(C#N)c(N[C@@H]4CC[C@H](O)C(C)(C)C4)n3)cc2)CC1.O.O. The lowest BCUT2D eigenvalue weighted by Gasteiger charge is -2.40. The van der Waals surface area contributed by atoms with Crippen molar-refractivity contribution < 1.29 is 39.8 Å². The molecular formula is C102H135Cl2N25O8S2. The topological polar surface area (TPSA) is 494 Å². The van der Waals surface area contributed by atoms with Gasteiger partial charge in [0.1, 0.15) is 47.0 Å². The number of benzene rings is 4. The number of nitrogens with zero attached hydrogens (tertiary/aromatic N) is 19. The second-order valence-corrected chi connectivity index (χ2v) is 43.6. The van der Waals surface area contributed by atoms with Crippen LogP contribution < -0.4 is 31.9 Å². The molecule has 0 unspecified atom stereocenters. The van der Waals surface area contributed by atoms with Gasteiger partial charge in [0.2, 0.25) is 33.8 Å². The molecule has 8 heterocycles. The first-order valence-electron chi connectivity index (χ1n) is 47.8. The molecule has 4 aromatic carbocycles. The number of aromatic nitrogens is 12. The van der Waals surface area contributed by atoms with Crippen molar-refractivity contribution in [3.8, 4) is 35.7 Å². The van der Waals surface area contributed by atoms with Crippen LogP contribution in [0.15, 0.2) is 157 Å². The molecule has 2 saturated heterocycles. The van der Waals surface area contributed by atoms with Crippen LogP contribution in [0, 0.1) is 78.8 Å². The van der Waals surface area contributed by atoms with Crippen LogP contribution in [0.3, 0.4) is 0 Å². The molecule has 0 amide bonds. The van der Waals surface area contributed by atoms with Gasteiger partial charge in [0.05, 0.1) is 104 Å². The van der Waals surface area contributed by atoms with E-state index in [1.807, 2.05) is 90.6 Å². The van der Waals surface area contributed by atoms with Gasteiger partial charge in [-0.15, -0.1) is 0 Å². The highest BCUT2D eigenvalue weighted by Gasteiger charge is 2.41. The number of aliphatic hydroxyl groups excluding tert-OH is 4. The van der Waals surface area contributed by atoms with Crippen LogP contribution in [0.25, 0.3) is 11.4 Å². The van der Waals surface area contributed by atoms with Gasteiger partial charge in [-0.25, -0.2) is 52.3 Å². The first-order valence-corrected chi connectivity index (χ1v) is 50.8. The van der Waals surface area contributed by atoms with E-state index in [1.165, 1.54) is 49.0 Å². The summed E-state index contributed by atoms with van der Waals surface area (Å²) in [6.07, 6.45) is 32.5. The molecule has 0 bridgehead atoms. The molecule has 6 aromatic heterocycles. The van der Waals surface area contributed by atoms with Crippen molar-refractivity contribution in [1.82, 2.24) is 72.7 Å². The number of piperazine rings is 1. The number of hydrogen-bond donors (Lipinski definition) is 10. The van der Waals surface area contributed by atoms with Crippen LogP contribution in [0.2, 0.25) is 10.0 Å². The number of halogens is 2. The molecule has 8 atom stereocenters. The number of aliphatic hydroxyl groups is 4. The smallest absolute Gasteiger partial charge is 0.243 e. The monoisotopic (exact) mass is 1970 g/mol. The summed E-state index contributed by atoms with van der Waals surface area (Å²) in [6, 6.07) is 38.7. The Morgan fingerprint density at radius 2 is 0.871 bits per heavy atom. The number of anilines is 6. The third-order valence-corrected chi connectivity index (χ3v) is 31.0. The van der Waals surface area contributed by atoms with Gasteiger partial charge in [0.15, 0.2) is 0 Å². The maximum absolute atomic E-state index is 12.9. The number of sulfonamides is 1. The quantitative estimate of drug-likeness (QED) is 0.0187. The summed E-state index contributed by atoms with van der Waals surface area (Å²) in [5, 5.41) is 104. The molecule has 4 aliphatic carbocycles. The fourth-order valence-corrected chi connectivity index (χ4v) is 21.9. The average molecular weight is 1970 g/mol. The molecule has 6 aliphatic rings. The molecule has 0 spiro atoms. The minimum Gasteiger partial charge on any atom is -0.412 e. The molecule has 139 heavy (non-hydrogen) atoms. The van der Waals surface area contributed by atoms with Gasteiger partial charge in [-0.05, 0) is 258 Å². The molecule has 4 saturated carbocycles. The Balaban J connectivity index is 0.000000177. The fourth-order valence-electron chi connectivity index (χ4n) is 18.8. The van der Waals surface area contributed by atoms with Crippen molar-refractivity contribution in [2.45, 2.75) is 237 Å². The Morgan fingerprint density at radius 3 is 1.27 bits per heavy atom. The molecule has 742 valence electrons. The van der Waals surface area contributed by atoms with Crippen molar-refractivity contribution in [3.05, 3.63) is 213 Å². The summed E-state index contributed by atoms with van der Waals surface area (Å²) in [7, 11) is -1.48. The van der Waals surface area contributed by atoms with E-state index in [0.717, 1.165) is 155 Å². The summed E-state index contributed by atoms with van der Waals surface area (Å²) < 4.78 is 33.5. The zero-order chi connectivity index (χ0) is 97.4. The third-order valence-electron chi connectivity index (χ3n) is 27.3. The lowest BCUT2D eigenvalue weighted by Crippen LogP contribution is -2.46. The summed E-state index contributed by atoms with van der Waals surface area (Å²) in [5.74, 6) is 3.85. The number of likely N-dealkylation sites (N-methyl/N-ethyl adjacent to an activating group) is 1. The highest BCUT2D eigenvalue weighted by molar-refractivity contribution is 7.97. The molecule has 16 rings (SSSR count). The van der Waals surface area contributed by atoms with Crippen LogP contribution in [0.1, 0.15) is 208 Å². The maximum atomic E-state index is 12.9. The van der Waals surface area contributed by atoms with Gasteiger partial charge in [-0.2, -0.15) is 40.4 Å². The van der Waals surface area contributed by atoms with Gasteiger partial charge in [-0.1, -0.05) is 121 Å². The number of piperidine rings is 1. The number of imidazole rings is 1. The van der Waals surface area contributed by atoms with E-state index in [2.05, 4.69) is 195 Å². The van der Waals surface area contributed by atoms with Crippen LogP contribution in [0.5, 0.6) is 0 Å². The van der Waals surface area contributed by atoms with Crippen molar-refractivity contribution in [3.63, 3.8) is 0 Å². The van der Waals surface area contributed by atoms with Crippen LogP contribution in [-0.2, 0) is 48.5 Å². The predicted molar refractivity (Wildman–Crippen MR) is 544 cm³/mol. The molecule has 14 N–H and O–H groups in total. The zero-order valence-electron chi connectivity index (χ0n) is 81.1. The zero-order valence-corrected chi connectivity index (χ0v) is 84.2. The van der Waals surface area contributed by atoms with Gasteiger partial charge in [0.25, 0.3) is 0 Å². The Kier molecular flexibility index (Phi) is 39.2. The molecule has 10 aromatic rings. The molecule has 37 heteroatoms. The summed E-state index contributed by atoms with van der Waals surface area (Å²) in [6.45, 7) is 24.1. The Labute approximate surface area is 831 Å². The molecular weight excluding hydrogens is 1840 g/mol. The minimum absolute atomic E-state index is 0. The number of nitrogens with one attached hydrogen (secondary N) is 6. The van der Waals surface area contributed by atoms with E-state index in [9.17, 15) is 49.9 Å². The standard InChI is InChI=1S/C26H37N7O3S.C26H36N6OS.2C25H29ClN6O.2H2O/c1-26(2)16-21(6-9-23(26)34)30-24-20(17-27)18-29-25(31-24)28-11-10-19-4-7-22(8-5-19)37(35,36)33-14-12-32(3)13-15-33;1-26(2)16-21(8-11-23(26)33)30-24-20(17-27)18-29-25(31-24)28-13-12-19-6-9-22(10-7-19)34-32-14-4-3-5-15-32;1-25(2)14-18(5-7-23(25)33)13-21-19(15-27)16-29-24(31-21)28-10-8-17-4-6-22(20(26)12-17)32-11-3-9-30-32;1-25(2)13-18(4-6-23(25)33)12-21-19(14-27)15-30-24(31-21)29-8-7-17-3-5-22(20(26)11-17)32-10-9-28-16-32;;/h4-5,7-8,18,21,23,34H,6,9-16H2,1-3H3,(H2,28,29,30,31);6-7,9-10,18,21,23,33H,3-5,8,11-16H2,1-2H3,(H2,28,29,30,31);3-4,6,9,11-12,16,18,23,33H,5,7-8,10,13-14H2,1-2H3,(H,28,29,31);3,5,9-11,15-16,18,23,33H,4,6-8,12-13H2,1-2H3,(H,29,30,31);2*1H2/t2*21-,23+;2*18-,23-;;/m1100../s1. The average Bonchev–Trinajstić information content (AvgIpc) is 1.40. The van der Waals surface area contributed by atoms with E-state index >= 15 is 0 Å². The Hall–Kier alpha value is -11.1. The van der Waals surface area contributed by atoms with Crippen molar-refractivity contribution in [2.24, 2.45) is 33.5 Å². The van der Waals surface area contributed by atoms with E-state index < -0.39 is 10.0 Å². The first kappa shape index (κ1) is 108. The van der Waals surface area contributed by atoms with Crippen LogP contribution >= 0.6 is 35.1 Å². The van der Waals surface area contributed by atoms with Gasteiger partial charge >= 0.3 is 0 Å². The van der Waals surface area contributed by atoms with Crippen molar-refractivity contribution in [2.75, 3.05) is 104 Å². The number of hydrogen-bond acceptors (Lipinski definition) is 29. The fraction of sp³-hybridized carbons (Fsp3) is 0.510. The molecule has 33 nitrogen and oxygen atoms in total. The van der Waals surface area contributed by atoms with Crippen molar-refractivity contribution >= 4 is 80.6 Å². The highest BCUT2D eigenvalue weighted by Crippen LogP contribution is 2.44. The summed E-state index contributed by atoms with van der Waals surface area (Å²) in [5.41, 5.74) is 9.05. The van der Waals surface area contributed by atoms with Gasteiger partial charge in [0, 0.05) is 107 Å². The molecule has 0 radical (unpaired) electrons. The van der Waals surface area contributed by atoms with E-state index in [0.29, 0.717) is 137 Å². The van der Waals surface area contributed by atoms with E-state index in [1.54, 1.807) is 58.4 Å². The largest absolute Gasteiger partial charge is 0.412 e. The van der Waals surface area contributed by atoms with E-state index in [-0.39, 0.29) is 69.1 Å². The molecule has 2 aliphatic heterocycles. The number of nitriles is 4. The Bertz CT molecular complexity index is 5740. The second kappa shape index (κ2) is 50.3. The number of rotatable bonds is 30. The lowest BCUT2D eigenvalue weighted by molar-refractivity contribution is -0.00749. The normalized spacial score (nSPS) is 21.0. The lowest BCUT2D eigenvalue weighted by atomic mass is 9.69. The Morgan fingerprint density at radius 1 is 0.468 bits per heavy atom. The van der Waals surface area contributed by atoms with Crippen molar-refractivity contribution in [1.29, 1.82) is 21.0 Å². The van der Waals surface area contributed by atoms with Crippen LogP contribution in [-0.4, -0.2) is 222 Å². The third kappa shape index (κ3) is 30.5. The maximum Gasteiger partial charge on any atom is 0.243 e. The summed E-state index contributed by atoms with van der Waals surface area (Å²) >= 11 is 14.8. The van der Waals surface area contributed by atoms with Gasteiger partial charge in [-0.3, -0.25) is 0 Å². The second-order valence-electron chi connectivity index (χ2n) is 39.7. The predicted octanol–water partition coefficient (Wildman–Crippen LogP) is 14.6. The van der Waals surface area contributed by atoms with E-state index in [4.69, 9.17) is 23.2 Å². The van der Waals surface area contributed by atoms with Gasteiger partial charge < -0.3 is 72.7 Å². The molecule has 6 fully saturated rings. The summed E-state index contributed by atoms with van der Waals surface area (Å²) in [4.78, 5) is 43.5.